The van der Waals surface area contributed by atoms with Crippen LogP contribution in [0.25, 0.3) is 0 Å². The van der Waals surface area contributed by atoms with Gasteiger partial charge in [-0.3, -0.25) is 9.59 Å². The van der Waals surface area contributed by atoms with Gasteiger partial charge in [0.1, 0.15) is 0 Å². The standard InChI is InChI=1S/C20H29N3O3/c1-15-4-2-5-17(14-15)19(24)22-8-3-9-23(11-10-22)20(25)18(21)16-6-12-26-13-7-16/h2,4-5,14,16,18H,3,6-13,21H2,1H3. The van der Waals surface area contributed by atoms with Crippen LogP contribution in [-0.4, -0.2) is 67.0 Å². The second kappa shape index (κ2) is 8.64. The van der Waals surface area contributed by atoms with Gasteiger partial charge in [0.05, 0.1) is 6.04 Å². The van der Waals surface area contributed by atoms with E-state index in [2.05, 4.69) is 0 Å². The van der Waals surface area contributed by atoms with Crippen molar-refractivity contribution in [3.8, 4) is 0 Å². The lowest BCUT2D eigenvalue weighted by Gasteiger charge is -2.31. The highest BCUT2D eigenvalue weighted by atomic mass is 16.5. The zero-order chi connectivity index (χ0) is 18.5. The SMILES string of the molecule is Cc1cccc(C(=O)N2CCCN(C(=O)C(N)C3CCOCC3)CC2)c1. The fourth-order valence-corrected chi connectivity index (χ4v) is 3.79. The van der Waals surface area contributed by atoms with Gasteiger partial charge < -0.3 is 20.3 Å². The predicted octanol–water partition coefficient (Wildman–Crippen LogP) is 1.42. The maximum absolute atomic E-state index is 12.8. The van der Waals surface area contributed by atoms with Crippen molar-refractivity contribution < 1.29 is 14.3 Å². The van der Waals surface area contributed by atoms with Gasteiger partial charge in [0.25, 0.3) is 5.91 Å². The Bertz CT molecular complexity index is 643. The summed E-state index contributed by atoms with van der Waals surface area (Å²) < 4.78 is 5.36. The Morgan fingerprint density at radius 2 is 1.81 bits per heavy atom. The highest BCUT2D eigenvalue weighted by molar-refractivity contribution is 5.94. The van der Waals surface area contributed by atoms with E-state index >= 15 is 0 Å². The summed E-state index contributed by atoms with van der Waals surface area (Å²) in [5, 5.41) is 0. The van der Waals surface area contributed by atoms with E-state index in [1.807, 2.05) is 41.0 Å². The maximum atomic E-state index is 12.8. The molecule has 2 N–H and O–H groups in total. The number of ether oxygens (including phenoxy) is 1. The minimum absolute atomic E-state index is 0.0155. The molecule has 2 amide bonds. The van der Waals surface area contributed by atoms with E-state index in [1.165, 1.54) is 0 Å². The van der Waals surface area contributed by atoms with Crippen molar-refractivity contribution in [3.63, 3.8) is 0 Å². The Kier molecular flexibility index (Phi) is 6.27. The Morgan fingerprint density at radius 3 is 2.54 bits per heavy atom. The van der Waals surface area contributed by atoms with E-state index in [4.69, 9.17) is 10.5 Å². The van der Waals surface area contributed by atoms with Gasteiger partial charge >= 0.3 is 0 Å². The van der Waals surface area contributed by atoms with Crippen molar-refractivity contribution >= 4 is 11.8 Å². The fourth-order valence-electron chi connectivity index (χ4n) is 3.79. The molecule has 6 nitrogen and oxygen atoms in total. The zero-order valence-corrected chi connectivity index (χ0v) is 15.5. The van der Waals surface area contributed by atoms with Crippen LogP contribution in [0.4, 0.5) is 0 Å². The molecule has 1 aromatic rings. The summed E-state index contributed by atoms with van der Waals surface area (Å²) in [7, 11) is 0. The van der Waals surface area contributed by atoms with Gasteiger partial charge in [0.2, 0.25) is 5.91 Å². The number of hydrogen-bond acceptors (Lipinski definition) is 4. The molecule has 0 bridgehead atoms. The first-order valence-electron chi connectivity index (χ1n) is 9.54. The second-order valence-corrected chi connectivity index (χ2v) is 7.32. The number of benzene rings is 1. The summed E-state index contributed by atoms with van der Waals surface area (Å²) in [6.45, 7) is 5.79. The number of carbonyl (C=O) groups excluding carboxylic acids is 2. The molecule has 1 atom stereocenters. The molecule has 2 aliphatic rings. The summed E-state index contributed by atoms with van der Waals surface area (Å²) in [5.74, 6) is 0.253. The first-order chi connectivity index (χ1) is 12.6. The Labute approximate surface area is 155 Å². The van der Waals surface area contributed by atoms with E-state index in [0.717, 1.165) is 24.8 Å². The van der Waals surface area contributed by atoms with Gasteiger partial charge in [-0.05, 0) is 44.2 Å². The molecular weight excluding hydrogens is 330 g/mol. The molecule has 0 aliphatic carbocycles. The molecule has 0 radical (unpaired) electrons. The minimum atomic E-state index is -0.460. The Morgan fingerprint density at radius 1 is 1.12 bits per heavy atom. The Balaban J connectivity index is 1.59. The smallest absolute Gasteiger partial charge is 0.253 e. The first-order valence-corrected chi connectivity index (χ1v) is 9.54. The van der Waals surface area contributed by atoms with Crippen LogP contribution in [0.15, 0.2) is 24.3 Å². The van der Waals surface area contributed by atoms with Crippen molar-refractivity contribution in [2.75, 3.05) is 39.4 Å². The normalized spacial score (nSPS) is 20.5. The number of amides is 2. The van der Waals surface area contributed by atoms with E-state index in [9.17, 15) is 9.59 Å². The molecular formula is C20H29N3O3. The van der Waals surface area contributed by atoms with E-state index in [0.29, 0.717) is 45.0 Å². The van der Waals surface area contributed by atoms with Gasteiger partial charge in [-0.1, -0.05) is 17.7 Å². The van der Waals surface area contributed by atoms with Crippen LogP contribution in [0.1, 0.15) is 35.2 Å². The molecule has 2 saturated heterocycles. The van der Waals surface area contributed by atoms with Crippen LogP contribution >= 0.6 is 0 Å². The van der Waals surface area contributed by atoms with Gasteiger partial charge in [-0.25, -0.2) is 0 Å². The third-order valence-corrected chi connectivity index (χ3v) is 5.42. The van der Waals surface area contributed by atoms with E-state index in [1.54, 1.807) is 0 Å². The second-order valence-electron chi connectivity index (χ2n) is 7.32. The lowest BCUT2D eigenvalue weighted by molar-refractivity contribution is -0.134. The molecule has 2 fully saturated rings. The van der Waals surface area contributed by atoms with Crippen LogP contribution in [-0.2, 0) is 9.53 Å². The van der Waals surface area contributed by atoms with Gasteiger partial charge in [0.15, 0.2) is 0 Å². The number of nitrogens with two attached hydrogens (primary N) is 1. The van der Waals surface area contributed by atoms with Crippen LogP contribution in [0.3, 0.4) is 0 Å². The molecule has 142 valence electrons. The zero-order valence-electron chi connectivity index (χ0n) is 15.5. The molecule has 2 heterocycles. The maximum Gasteiger partial charge on any atom is 0.253 e. The largest absolute Gasteiger partial charge is 0.381 e. The summed E-state index contributed by atoms with van der Waals surface area (Å²) in [4.78, 5) is 29.2. The number of nitrogens with zero attached hydrogens (tertiary/aromatic N) is 2. The predicted molar refractivity (Wildman–Crippen MR) is 99.8 cm³/mol. The van der Waals surface area contributed by atoms with Crippen molar-refractivity contribution in [2.45, 2.75) is 32.2 Å². The number of rotatable bonds is 3. The molecule has 0 saturated carbocycles. The molecule has 0 aromatic heterocycles. The van der Waals surface area contributed by atoms with Crippen LogP contribution in [0, 0.1) is 12.8 Å². The minimum Gasteiger partial charge on any atom is -0.381 e. The third-order valence-electron chi connectivity index (χ3n) is 5.42. The Hall–Kier alpha value is -1.92. The average molecular weight is 359 g/mol. The summed E-state index contributed by atoms with van der Waals surface area (Å²) >= 11 is 0. The van der Waals surface area contributed by atoms with Gasteiger partial charge in [-0.15, -0.1) is 0 Å². The lowest BCUT2D eigenvalue weighted by Crippen LogP contribution is -2.50. The molecule has 26 heavy (non-hydrogen) atoms. The van der Waals surface area contributed by atoms with Crippen molar-refractivity contribution in [1.29, 1.82) is 0 Å². The topological polar surface area (TPSA) is 75.9 Å². The van der Waals surface area contributed by atoms with Gasteiger partial charge in [-0.2, -0.15) is 0 Å². The number of carbonyl (C=O) groups is 2. The van der Waals surface area contributed by atoms with Crippen LogP contribution in [0.2, 0.25) is 0 Å². The quantitative estimate of drug-likeness (QED) is 0.886. The average Bonchev–Trinajstić information content (AvgIpc) is 2.93. The van der Waals surface area contributed by atoms with Crippen molar-refractivity contribution in [1.82, 2.24) is 9.80 Å². The highest BCUT2D eigenvalue weighted by Crippen LogP contribution is 2.20. The molecule has 6 heteroatoms. The summed E-state index contributed by atoms with van der Waals surface area (Å²) in [6, 6.07) is 7.19. The fraction of sp³-hybridized carbons (Fsp3) is 0.600. The van der Waals surface area contributed by atoms with E-state index < -0.39 is 6.04 Å². The molecule has 3 rings (SSSR count). The highest BCUT2D eigenvalue weighted by Gasteiger charge is 2.31. The van der Waals surface area contributed by atoms with Crippen molar-refractivity contribution in [2.24, 2.45) is 11.7 Å². The first kappa shape index (κ1) is 18.9. The molecule has 1 unspecified atom stereocenters. The monoisotopic (exact) mass is 359 g/mol. The van der Waals surface area contributed by atoms with E-state index in [-0.39, 0.29) is 17.7 Å². The number of hydrogen-bond donors (Lipinski definition) is 1. The number of aryl methyl sites for hydroxylation is 1. The third kappa shape index (κ3) is 4.43. The van der Waals surface area contributed by atoms with Crippen LogP contribution < -0.4 is 5.73 Å². The molecule has 0 spiro atoms. The van der Waals surface area contributed by atoms with Gasteiger partial charge in [0, 0.05) is 45.0 Å². The molecule has 1 aromatic carbocycles. The van der Waals surface area contributed by atoms with Crippen LogP contribution in [0.5, 0.6) is 0 Å². The summed E-state index contributed by atoms with van der Waals surface area (Å²) in [5.41, 5.74) is 8.03. The summed E-state index contributed by atoms with van der Waals surface area (Å²) in [6.07, 6.45) is 2.47. The molecule has 2 aliphatic heterocycles. The van der Waals surface area contributed by atoms with Crippen molar-refractivity contribution in [3.05, 3.63) is 35.4 Å². The lowest BCUT2D eigenvalue weighted by atomic mass is 9.91.